The number of thioether (sulfide) groups is 1. The number of imide groups is 1. The van der Waals surface area contributed by atoms with Gasteiger partial charge in [0, 0.05) is 17.7 Å². The van der Waals surface area contributed by atoms with Crippen LogP contribution in [-0.4, -0.2) is 25.9 Å². The first kappa shape index (κ1) is 20.0. The maximum absolute atomic E-state index is 12.5. The molecule has 0 bridgehead atoms. The van der Waals surface area contributed by atoms with E-state index in [2.05, 4.69) is 0 Å². The first-order valence-electron chi connectivity index (χ1n) is 8.26. The van der Waals surface area contributed by atoms with Crippen molar-refractivity contribution in [3.63, 3.8) is 0 Å². The van der Waals surface area contributed by atoms with Crippen LogP contribution in [0.1, 0.15) is 11.1 Å². The lowest BCUT2D eigenvalue weighted by molar-refractivity contribution is -0.385. The summed E-state index contributed by atoms with van der Waals surface area (Å²) in [6.45, 7) is -0.215. The number of nitro benzene ring substituents is 2. The van der Waals surface area contributed by atoms with Crippen molar-refractivity contribution in [2.24, 2.45) is 0 Å². The molecule has 3 rings (SSSR count). The lowest BCUT2D eigenvalue weighted by Gasteiger charge is -2.12. The molecule has 0 radical (unpaired) electrons. The van der Waals surface area contributed by atoms with Crippen LogP contribution in [0, 0.1) is 20.2 Å². The van der Waals surface area contributed by atoms with Gasteiger partial charge < -0.3 is 0 Å². The molecule has 0 unspecified atom stereocenters. The molecule has 1 fully saturated rings. The summed E-state index contributed by atoms with van der Waals surface area (Å²) in [6, 6.07) is 12.0. The Bertz CT molecular complexity index is 1080. The summed E-state index contributed by atoms with van der Waals surface area (Å²) in [5.41, 5.74) is 0.345. The van der Waals surface area contributed by atoms with Gasteiger partial charge in [-0.2, -0.15) is 0 Å². The predicted octanol–water partition coefficient (Wildman–Crippen LogP) is 4.30. The number of para-hydroxylation sites is 2. The normalized spacial score (nSPS) is 15.4. The minimum absolute atomic E-state index is 0.0818. The number of hydrogen-bond donors (Lipinski definition) is 0. The third-order valence-electron chi connectivity index (χ3n) is 4.05. The van der Waals surface area contributed by atoms with Gasteiger partial charge in [-0.1, -0.05) is 36.4 Å². The van der Waals surface area contributed by atoms with Crippen molar-refractivity contribution in [1.82, 2.24) is 4.90 Å². The van der Waals surface area contributed by atoms with Gasteiger partial charge in [-0.25, -0.2) is 0 Å². The van der Waals surface area contributed by atoms with Gasteiger partial charge in [-0.3, -0.25) is 34.7 Å². The summed E-state index contributed by atoms with van der Waals surface area (Å²) in [5, 5.41) is 21.6. The van der Waals surface area contributed by atoms with Crippen LogP contribution in [0.3, 0.4) is 0 Å². The van der Waals surface area contributed by atoms with E-state index in [0.717, 1.165) is 4.90 Å². The van der Waals surface area contributed by atoms with Crippen LogP contribution in [-0.2, 0) is 11.3 Å². The molecular formula is C19H13N3O6S. The summed E-state index contributed by atoms with van der Waals surface area (Å²) in [5.74, 6) is -0.578. The molecule has 146 valence electrons. The van der Waals surface area contributed by atoms with Gasteiger partial charge in [-0.15, -0.1) is 0 Å². The topological polar surface area (TPSA) is 124 Å². The molecule has 1 aliphatic rings. The number of carbonyl (C=O) groups is 2. The molecule has 2 aromatic rings. The summed E-state index contributed by atoms with van der Waals surface area (Å²) in [4.78, 5) is 46.8. The van der Waals surface area contributed by atoms with Crippen molar-refractivity contribution in [3.05, 3.63) is 96.9 Å². The summed E-state index contributed by atoms with van der Waals surface area (Å²) in [7, 11) is 0. The Morgan fingerprint density at radius 2 is 1.55 bits per heavy atom. The van der Waals surface area contributed by atoms with E-state index in [9.17, 15) is 29.8 Å². The van der Waals surface area contributed by atoms with E-state index in [1.807, 2.05) is 0 Å². The smallest absolute Gasteiger partial charge is 0.268 e. The van der Waals surface area contributed by atoms with Crippen LogP contribution < -0.4 is 0 Å². The Kier molecular flexibility index (Phi) is 5.84. The van der Waals surface area contributed by atoms with Crippen molar-refractivity contribution in [2.45, 2.75) is 6.54 Å². The lowest BCUT2D eigenvalue weighted by atomic mass is 10.1. The van der Waals surface area contributed by atoms with Gasteiger partial charge in [0.05, 0.1) is 26.9 Å². The van der Waals surface area contributed by atoms with E-state index >= 15 is 0 Å². The molecule has 9 nitrogen and oxygen atoms in total. The third-order valence-corrected chi connectivity index (χ3v) is 4.97. The van der Waals surface area contributed by atoms with Crippen LogP contribution in [0.2, 0.25) is 0 Å². The minimum atomic E-state index is -0.578. The highest BCUT2D eigenvalue weighted by Crippen LogP contribution is 2.33. The van der Waals surface area contributed by atoms with Crippen LogP contribution in [0.4, 0.5) is 16.2 Å². The van der Waals surface area contributed by atoms with Gasteiger partial charge in [-0.05, 0) is 30.0 Å². The van der Waals surface area contributed by atoms with E-state index < -0.39 is 21.0 Å². The Hall–Kier alpha value is -3.79. The zero-order valence-electron chi connectivity index (χ0n) is 14.8. The predicted molar refractivity (Wildman–Crippen MR) is 107 cm³/mol. The molecule has 0 atom stereocenters. The fraction of sp³-hybridized carbons (Fsp3) is 0.0526. The standard InChI is InChI=1S/C19H13N3O6S/c23-18-17(11-5-8-13-6-1-3-9-15(13)21(25)26)29-19(24)20(18)12-14-7-2-4-10-16(14)22(27)28/h1-11H,12H2/b8-5+,17-11-. The average molecular weight is 411 g/mol. The van der Waals surface area contributed by atoms with E-state index in [1.165, 1.54) is 42.5 Å². The van der Waals surface area contributed by atoms with Gasteiger partial charge in [0.1, 0.15) is 0 Å². The van der Waals surface area contributed by atoms with Gasteiger partial charge in [0.15, 0.2) is 0 Å². The largest absolute Gasteiger partial charge is 0.293 e. The third kappa shape index (κ3) is 4.38. The van der Waals surface area contributed by atoms with Crippen LogP contribution in [0.5, 0.6) is 0 Å². The molecule has 0 aliphatic carbocycles. The quantitative estimate of drug-likeness (QED) is 0.394. The maximum Gasteiger partial charge on any atom is 0.293 e. The summed E-state index contributed by atoms with van der Waals surface area (Å²) < 4.78 is 0. The van der Waals surface area contributed by atoms with Crippen LogP contribution in [0.15, 0.2) is 65.6 Å². The molecule has 2 aromatic carbocycles. The Morgan fingerprint density at radius 1 is 0.931 bits per heavy atom. The van der Waals surface area contributed by atoms with Crippen molar-refractivity contribution < 1.29 is 19.4 Å². The van der Waals surface area contributed by atoms with E-state index in [1.54, 1.807) is 24.3 Å². The highest BCUT2D eigenvalue weighted by Gasteiger charge is 2.35. The van der Waals surface area contributed by atoms with Gasteiger partial charge >= 0.3 is 0 Å². The number of benzene rings is 2. The second-order valence-electron chi connectivity index (χ2n) is 5.85. The molecule has 0 aromatic heterocycles. The van der Waals surface area contributed by atoms with Gasteiger partial charge in [0.25, 0.3) is 22.5 Å². The monoisotopic (exact) mass is 411 g/mol. The molecular weight excluding hydrogens is 398 g/mol. The first-order chi connectivity index (χ1) is 13.9. The maximum atomic E-state index is 12.5. The number of allylic oxidation sites excluding steroid dienone is 2. The minimum Gasteiger partial charge on any atom is -0.268 e. The van der Waals surface area contributed by atoms with Crippen molar-refractivity contribution in [3.8, 4) is 0 Å². The highest BCUT2D eigenvalue weighted by atomic mass is 32.2. The van der Waals surface area contributed by atoms with Crippen molar-refractivity contribution >= 4 is 40.4 Å². The molecule has 1 heterocycles. The number of amides is 2. The number of nitrogens with zero attached hydrogens (tertiary/aromatic N) is 3. The number of rotatable bonds is 6. The molecule has 1 saturated heterocycles. The fourth-order valence-corrected chi connectivity index (χ4v) is 3.47. The number of hydrogen-bond acceptors (Lipinski definition) is 7. The summed E-state index contributed by atoms with van der Waals surface area (Å²) in [6.07, 6.45) is 4.31. The van der Waals surface area contributed by atoms with Gasteiger partial charge in [0.2, 0.25) is 0 Å². The molecule has 10 heteroatoms. The average Bonchev–Trinajstić information content (AvgIpc) is 2.96. The first-order valence-corrected chi connectivity index (χ1v) is 9.08. The molecule has 0 spiro atoms. The van der Waals surface area contributed by atoms with E-state index in [-0.39, 0.29) is 28.4 Å². The van der Waals surface area contributed by atoms with Crippen molar-refractivity contribution in [2.75, 3.05) is 0 Å². The zero-order chi connectivity index (χ0) is 21.0. The van der Waals surface area contributed by atoms with Crippen molar-refractivity contribution in [1.29, 1.82) is 0 Å². The Labute approximate surface area is 168 Å². The Morgan fingerprint density at radius 3 is 2.24 bits per heavy atom. The molecule has 0 N–H and O–H groups in total. The molecule has 1 aliphatic heterocycles. The van der Waals surface area contributed by atoms with Crippen LogP contribution in [0.25, 0.3) is 6.08 Å². The number of carbonyl (C=O) groups excluding carboxylic acids is 2. The molecule has 0 saturated carbocycles. The lowest BCUT2D eigenvalue weighted by Crippen LogP contribution is -2.27. The second-order valence-corrected chi connectivity index (χ2v) is 6.84. The second kappa shape index (κ2) is 8.48. The van der Waals surface area contributed by atoms with E-state index in [4.69, 9.17) is 0 Å². The number of nitro groups is 2. The van der Waals surface area contributed by atoms with Crippen LogP contribution >= 0.6 is 11.8 Å². The fourth-order valence-electron chi connectivity index (χ4n) is 2.68. The molecule has 29 heavy (non-hydrogen) atoms. The van der Waals surface area contributed by atoms with E-state index in [0.29, 0.717) is 17.3 Å². The highest BCUT2D eigenvalue weighted by molar-refractivity contribution is 8.18. The SMILES string of the molecule is O=C1S/C(=C\C=C\c2ccccc2[N+](=O)[O-])C(=O)N1Cc1ccccc1[N+](=O)[O-]. The molecule has 2 amide bonds. The summed E-state index contributed by atoms with van der Waals surface area (Å²) >= 11 is 0.704. The Balaban J connectivity index is 1.79. The zero-order valence-corrected chi connectivity index (χ0v) is 15.6.